The van der Waals surface area contributed by atoms with E-state index in [2.05, 4.69) is 5.32 Å². The van der Waals surface area contributed by atoms with Crippen LogP contribution in [-0.2, 0) is 26.2 Å². The van der Waals surface area contributed by atoms with E-state index in [-0.39, 0.29) is 25.0 Å². The minimum atomic E-state index is -3.74. The maximum atomic E-state index is 13.6. The lowest BCUT2D eigenvalue weighted by Gasteiger charge is -2.33. The highest BCUT2D eigenvalue weighted by Crippen LogP contribution is 2.24. The van der Waals surface area contributed by atoms with Crippen LogP contribution in [-0.4, -0.2) is 50.0 Å². The minimum Gasteiger partial charge on any atom is -0.352 e. The van der Waals surface area contributed by atoms with Gasteiger partial charge in [0.2, 0.25) is 21.8 Å². The SMILES string of the molecule is CCC(C(=O)NC(C)C)N(Cc1ccccc1)C(=O)CN(c1ccc(C)cc1C)S(C)(=O)=O. The molecule has 0 aromatic heterocycles. The average Bonchev–Trinajstić information content (AvgIpc) is 2.71. The Balaban J connectivity index is 2.45. The molecular weight excluding hydrogens is 438 g/mol. The van der Waals surface area contributed by atoms with Crippen molar-refractivity contribution in [3.8, 4) is 0 Å². The number of aryl methyl sites for hydroxylation is 2. The quantitative estimate of drug-likeness (QED) is 0.573. The fourth-order valence-corrected chi connectivity index (χ4v) is 4.67. The Labute approximate surface area is 197 Å². The topological polar surface area (TPSA) is 86.8 Å². The monoisotopic (exact) mass is 473 g/mol. The smallest absolute Gasteiger partial charge is 0.244 e. The van der Waals surface area contributed by atoms with Crippen molar-refractivity contribution in [3.63, 3.8) is 0 Å². The summed E-state index contributed by atoms with van der Waals surface area (Å²) in [7, 11) is -3.74. The molecule has 2 rings (SSSR count). The van der Waals surface area contributed by atoms with Crippen LogP contribution in [0.3, 0.4) is 0 Å². The third kappa shape index (κ3) is 7.32. The molecule has 1 atom stereocenters. The molecule has 0 aliphatic rings. The first-order chi connectivity index (χ1) is 15.4. The van der Waals surface area contributed by atoms with Crippen molar-refractivity contribution in [3.05, 3.63) is 65.2 Å². The second-order valence-corrected chi connectivity index (χ2v) is 10.6. The summed E-state index contributed by atoms with van der Waals surface area (Å²) in [6.07, 6.45) is 1.49. The average molecular weight is 474 g/mol. The van der Waals surface area contributed by atoms with Gasteiger partial charge in [0.25, 0.3) is 0 Å². The minimum absolute atomic E-state index is 0.0806. The Kier molecular flexibility index (Phi) is 9.05. The highest BCUT2D eigenvalue weighted by molar-refractivity contribution is 7.92. The molecule has 0 radical (unpaired) electrons. The Morgan fingerprint density at radius 1 is 1.03 bits per heavy atom. The lowest BCUT2D eigenvalue weighted by molar-refractivity contribution is -0.140. The molecule has 2 amide bonds. The van der Waals surface area contributed by atoms with E-state index in [1.54, 1.807) is 6.07 Å². The summed E-state index contributed by atoms with van der Waals surface area (Å²) in [6.45, 7) is 9.12. The van der Waals surface area contributed by atoms with Crippen molar-refractivity contribution in [1.29, 1.82) is 0 Å². The molecule has 33 heavy (non-hydrogen) atoms. The molecule has 180 valence electrons. The van der Waals surface area contributed by atoms with E-state index in [4.69, 9.17) is 0 Å². The van der Waals surface area contributed by atoms with E-state index < -0.39 is 22.0 Å². The Bertz CT molecular complexity index is 1070. The van der Waals surface area contributed by atoms with Gasteiger partial charge in [-0.25, -0.2) is 8.42 Å². The van der Waals surface area contributed by atoms with E-state index in [9.17, 15) is 18.0 Å². The molecule has 0 saturated carbocycles. The highest BCUT2D eigenvalue weighted by atomic mass is 32.2. The number of carbonyl (C=O) groups is 2. The Hall–Kier alpha value is -2.87. The van der Waals surface area contributed by atoms with Crippen LogP contribution in [0.2, 0.25) is 0 Å². The van der Waals surface area contributed by atoms with Gasteiger partial charge in [-0.2, -0.15) is 0 Å². The highest BCUT2D eigenvalue weighted by Gasteiger charge is 2.32. The zero-order valence-corrected chi connectivity index (χ0v) is 21.1. The molecular formula is C25H35N3O4S. The van der Waals surface area contributed by atoms with Gasteiger partial charge in [0, 0.05) is 12.6 Å². The van der Waals surface area contributed by atoms with Crippen molar-refractivity contribution in [2.45, 2.75) is 59.7 Å². The van der Waals surface area contributed by atoms with E-state index in [0.29, 0.717) is 12.1 Å². The summed E-state index contributed by atoms with van der Waals surface area (Å²) in [6, 6.07) is 14.0. The van der Waals surface area contributed by atoms with Crippen molar-refractivity contribution in [2.75, 3.05) is 17.1 Å². The zero-order chi connectivity index (χ0) is 24.8. The summed E-state index contributed by atoms with van der Waals surface area (Å²) < 4.78 is 26.5. The Morgan fingerprint density at radius 2 is 1.67 bits per heavy atom. The molecule has 0 aliphatic carbocycles. The first kappa shape index (κ1) is 26.4. The molecule has 2 aromatic rings. The van der Waals surface area contributed by atoms with Gasteiger partial charge in [-0.05, 0) is 51.3 Å². The van der Waals surface area contributed by atoms with Crippen molar-refractivity contribution in [2.24, 2.45) is 0 Å². The number of hydrogen-bond acceptors (Lipinski definition) is 4. The van der Waals surface area contributed by atoms with E-state index in [1.165, 1.54) is 4.90 Å². The summed E-state index contributed by atoms with van der Waals surface area (Å²) in [5, 5.41) is 2.88. The molecule has 0 fully saturated rings. The third-order valence-corrected chi connectivity index (χ3v) is 6.44. The molecule has 1 unspecified atom stereocenters. The molecule has 0 aliphatic heterocycles. The van der Waals surface area contributed by atoms with Gasteiger partial charge in [0.15, 0.2) is 0 Å². The Morgan fingerprint density at radius 3 is 2.18 bits per heavy atom. The third-order valence-electron chi connectivity index (χ3n) is 5.31. The van der Waals surface area contributed by atoms with Crippen molar-refractivity contribution in [1.82, 2.24) is 10.2 Å². The van der Waals surface area contributed by atoms with Gasteiger partial charge in [0.1, 0.15) is 12.6 Å². The van der Waals surface area contributed by atoms with Gasteiger partial charge >= 0.3 is 0 Å². The maximum Gasteiger partial charge on any atom is 0.244 e. The molecule has 0 spiro atoms. The van der Waals surface area contributed by atoms with Gasteiger partial charge < -0.3 is 10.2 Å². The van der Waals surface area contributed by atoms with Gasteiger partial charge in [-0.15, -0.1) is 0 Å². The molecule has 7 nitrogen and oxygen atoms in total. The number of carbonyl (C=O) groups excluding carboxylic acids is 2. The van der Waals surface area contributed by atoms with Gasteiger partial charge in [-0.1, -0.05) is 55.0 Å². The van der Waals surface area contributed by atoms with Crippen LogP contribution in [0.1, 0.15) is 43.9 Å². The van der Waals surface area contributed by atoms with Crippen LogP contribution in [0.5, 0.6) is 0 Å². The maximum absolute atomic E-state index is 13.6. The van der Waals surface area contributed by atoms with Crippen molar-refractivity contribution < 1.29 is 18.0 Å². The zero-order valence-electron chi connectivity index (χ0n) is 20.3. The first-order valence-electron chi connectivity index (χ1n) is 11.1. The number of nitrogens with one attached hydrogen (secondary N) is 1. The van der Waals surface area contributed by atoms with Crippen LogP contribution in [0.4, 0.5) is 5.69 Å². The van der Waals surface area contributed by atoms with Crippen LogP contribution in [0, 0.1) is 13.8 Å². The summed E-state index contributed by atoms with van der Waals surface area (Å²) in [5.74, 6) is -0.691. The predicted molar refractivity (Wildman–Crippen MR) is 132 cm³/mol. The van der Waals surface area contributed by atoms with E-state index in [0.717, 1.165) is 27.3 Å². The number of rotatable bonds is 10. The molecule has 1 N–H and O–H groups in total. The fourth-order valence-electron chi connectivity index (χ4n) is 3.76. The summed E-state index contributed by atoms with van der Waals surface area (Å²) in [4.78, 5) is 28.0. The van der Waals surface area contributed by atoms with E-state index in [1.807, 2.05) is 77.1 Å². The number of sulfonamides is 1. The number of anilines is 1. The second kappa shape index (κ2) is 11.3. The molecule has 0 saturated heterocycles. The van der Waals surface area contributed by atoms with Gasteiger partial charge in [0.05, 0.1) is 11.9 Å². The van der Waals surface area contributed by atoms with Crippen LogP contribution in [0.25, 0.3) is 0 Å². The summed E-state index contributed by atoms with van der Waals surface area (Å²) in [5.41, 5.74) is 3.07. The molecule has 8 heteroatoms. The van der Waals surface area contributed by atoms with Crippen LogP contribution in [0.15, 0.2) is 48.5 Å². The lowest BCUT2D eigenvalue weighted by Crippen LogP contribution is -2.53. The number of nitrogens with zero attached hydrogens (tertiary/aromatic N) is 2. The largest absolute Gasteiger partial charge is 0.352 e. The normalized spacial score (nSPS) is 12.3. The van der Waals surface area contributed by atoms with E-state index >= 15 is 0 Å². The fraction of sp³-hybridized carbons (Fsp3) is 0.440. The number of amides is 2. The predicted octanol–water partition coefficient (Wildman–Crippen LogP) is 3.40. The van der Waals surface area contributed by atoms with Crippen LogP contribution < -0.4 is 9.62 Å². The molecule has 2 aromatic carbocycles. The second-order valence-electron chi connectivity index (χ2n) is 8.65. The van der Waals surface area contributed by atoms with Gasteiger partial charge in [-0.3, -0.25) is 13.9 Å². The molecule has 0 heterocycles. The first-order valence-corrected chi connectivity index (χ1v) is 13.0. The molecule has 0 bridgehead atoms. The van der Waals surface area contributed by atoms with Crippen LogP contribution >= 0.6 is 0 Å². The number of hydrogen-bond donors (Lipinski definition) is 1. The summed E-state index contributed by atoms with van der Waals surface area (Å²) >= 11 is 0. The standard InChI is InChI=1S/C25H35N3O4S/c1-7-22(25(30)26-18(2)3)27(16-21-11-9-8-10-12-21)24(29)17-28(33(6,31)32)23-14-13-19(4)15-20(23)5/h8-15,18,22H,7,16-17H2,1-6H3,(H,26,30). The van der Waals surface area contributed by atoms with Crippen molar-refractivity contribution >= 4 is 27.5 Å². The lowest BCUT2D eigenvalue weighted by atomic mass is 10.1. The number of benzene rings is 2.